The van der Waals surface area contributed by atoms with Crippen molar-refractivity contribution in [2.24, 2.45) is 39.9 Å². The number of Topliss-reactive ketones (excluding diaryl/α,β-unsaturated/α-hetero) is 1. The fraction of sp³-hybridized carbons (Fsp3) is 0.737. The zero-order valence-corrected chi connectivity index (χ0v) is 17.5. The van der Waals surface area contributed by atoms with Gasteiger partial charge in [0.15, 0.2) is 11.7 Å². The molecule has 0 aliphatic carbocycles. The minimum Gasteiger partial charge on any atom is -0.370 e. The topological polar surface area (TPSA) is 195 Å². The van der Waals surface area contributed by atoms with E-state index in [0.29, 0.717) is 19.4 Å². The molecule has 3 amide bonds. The maximum absolute atomic E-state index is 13.3. The van der Waals surface area contributed by atoms with Crippen LogP contribution in [-0.4, -0.2) is 60.7 Å². The summed E-state index contributed by atoms with van der Waals surface area (Å²) in [7, 11) is 0. The van der Waals surface area contributed by atoms with Crippen molar-refractivity contribution >= 4 is 29.5 Å². The van der Waals surface area contributed by atoms with E-state index in [1.54, 1.807) is 0 Å². The van der Waals surface area contributed by atoms with Gasteiger partial charge in [-0.15, -0.1) is 0 Å². The fourth-order valence-corrected chi connectivity index (χ4v) is 4.07. The maximum atomic E-state index is 13.3. The van der Waals surface area contributed by atoms with Gasteiger partial charge in [0.25, 0.3) is 0 Å². The Labute approximate surface area is 176 Å². The Hall–Kier alpha value is -2.69. The summed E-state index contributed by atoms with van der Waals surface area (Å²) in [6, 6.07) is -2.04. The van der Waals surface area contributed by atoms with E-state index < -0.39 is 35.7 Å². The van der Waals surface area contributed by atoms with Gasteiger partial charge >= 0.3 is 0 Å². The van der Waals surface area contributed by atoms with Gasteiger partial charge in [-0.2, -0.15) is 0 Å². The number of piperazine rings is 1. The number of hydrogen-bond donors (Lipinski definition) is 6. The normalized spacial score (nSPS) is 30.0. The number of rotatable bonds is 9. The lowest BCUT2D eigenvalue weighted by atomic mass is 9.75. The molecule has 2 unspecified atom stereocenters. The Bertz CT molecular complexity index is 707. The number of nitrogens with one attached hydrogen (secondary N) is 3. The Morgan fingerprint density at radius 3 is 2.37 bits per heavy atom. The zero-order valence-electron chi connectivity index (χ0n) is 17.5. The van der Waals surface area contributed by atoms with E-state index >= 15 is 0 Å². The molecule has 0 aromatic rings. The SMILES string of the molecule is CCC(C)[C@@H]1NC[C@H](C(=O)C2C[C@H](C(N)=O)NC(=O)[C@@H]2CCCN=C(N)N)NC1=O. The smallest absolute Gasteiger partial charge is 0.240 e. The molecule has 30 heavy (non-hydrogen) atoms. The molecule has 2 heterocycles. The molecule has 0 saturated carbocycles. The predicted molar refractivity (Wildman–Crippen MR) is 111 cm³/mol. The van der Waals surface area contributed by atoms with Crippen LogP contribution in [0.15, 0.2) is 4.99 Å². The summed E-state index contributed by atoms with van der Waals surface area (Å²) in [5.74, 6) is -2.89. The Morgan fingerprint density at radius 1 is 1.13 bits per heavy atom. The molecular weight excluding hydrogens is 390 g/mol. The lowest BCUT2D eigenvalue weighted by Gasteiger charge is -2.38. The minimum atomic E-state index is -0.916. The number of nitrogens with zero attached hydrogens (tertiary/aromatic N) is 1. The van der Waals surface area contributed by atoms with Crippen LogP contribution in [0, 0.1) is 17.8 Å². The fourth-order valence-electron chi connectivity index (χ4n) is 4.07. The Morgan fingerprint density at radius 2 is 1.80 bits per heavy atom. The summed E-state index contributed by atoms with van der Waals surface area (Å²) >= 11 is 0. The highest BCUT2D eigenvalue weighted by atomic mass is 16.2. The maximum Gasteiger partial charge on any atom is 0.240 e. The second-order valence-electron chi connectivity index (χ2n) is 8.10. The summed E-state index contributed by atoms with van der Waals surface area (Å²) < 4.78 is 0. The minimum absolute atomic E-state index is 0.0450. The van der Waals surface area contributed by atoms with Gasteiger partial charge in [0.05, 0.1) is 6.04 Å². The number of guanidine groups is 1. The van der Waals surface area contributed by atoms with E-state index in [-0.39, 0.29) is 42.6 Å². The highest BCUT2D eigenvalue weighted by molar-refractivity contribution is 5.98. The molecule has 0 aromatic carbocycles. The summed E-state index contributed by atoms with van der Waals surface area (Å²) in [6.45, 7) is 4.56. The average molecular weight is 424 g/mol. The number of primary amides is 1. The van der Waals surface area contributed by atoms with E-state index in [0.717, 1.165) is 6.42 Å². The molecule has 0 bridgehead atoms. The van der Waals surface area contributed by atoms with Crippen molar-refractivity contribution in [1.82, 2.24) is 16.0 Å². The van der Waals surface area contributed by atoms with Crippen molar-refractivity contribution < 1.29 is 19.2 Å². The van der Waals surface area contributed by atoms with Crippen LogP contribution in [0.4, 0.5) is 0 Å². The van der Waals surface area contributed by atoms with E-state index in [1.807, 2.05) is 13.8 Å². The molecule has 0 spiro atoms. The van der Waals surface area contributed by atoms with Gasteiger partial charge in [0.2, 0.25) is 17.7 Å². The van der Waals surface area contributed by atoms with Gasteiger partial charge in [-0.25, -0.2) is 0 Å². The second-order valence-corrected chi connectivity index (χ2v) is 8.10. The first-order valence-electron chi connectivity index (χ1n) is 10.4. The van der Waals surface area contributed by atoms with Crippen molar-refractivity contribution in [2.45, 2.75) is 57.7 Å². The third-order valence-electron chi connectivity index (χ3n) is 6.00. The monoisotopic (exact) mass is 423 g/mol. The number of piperidine rings is 1. The average Bonchev–Trinajstić information content (AvgIpc) is 2.70. The van der Waals surface area contributed by atoms with Crippen molar-refractivity contribution in [2.75, 3.05) is 13.1 Å². The summed E-state index contributed by atoms with van der Waals surface area (Å²) in [6.07, 6.45) is 1.79. The summed E-state index contributed by atoms with van der Waals surface area (Å²) in [4.78, 5) is 53.9. The zero-order chi connectivity index (χ0) is 22.4. The van der Waals surface area contributed by atoms with Crippen LogP contribution in [-0.2, 0) is 19.2 Å². The van der Waals surface area contributed by atoms with Gasteiger partial charge in [-0.05, 0) is 25.2 Å². The molecule has 6 atom stereocenters. The van der Waals surface area contributed by atoms with E-state index in [9.17, 15) is 19.2 Å². The molecular formula is C19H33N7O4. The number of carbonyl (C=O) groups excluding carboxylic acids is 4. The molecule has 2 aliphatic rings. The standard InChI is InChI=1S/C19H33N7O4/c1-3-9(2)14-18(30)26-13(8-24-14)15(27)11-7-12(16(20)28)25-17(29)10(11)5-4-6-23-19(21)22/h9-14,24H,3-8H2,1-2H3,(H2,20,28)(H,25,29)(H,26,30)(H4,21,22,23)/t9?,10-,11?,12-,13-,14+/m1/s1. The number of ketones is 1. The van der Waals surface area contributed by atoms with E-state index in [4.69, 9.17) is 17.2 Å². The molecule has 2 rings (SSSR count). The molecule has 0 aromatic heterocycles. The van der Waals surface area contributed by atoms with Crippen LogP contribution in [0.25, 0.3) is 0 Å². The highest BCUT2D eigenvalue weighted by Crippen LogP contribution is 2.29. The van der Waals surface area contributed by atoms with Crippen LogP contribution in [0.2, 0.25) is 0 Å². The van der Waals surface area contributed by atoms with Crippen LogP contribution in [0.1, 0.15) is 39.5 Å². The van der Waals surface area contributed by atoms with Gasteiger partial charge in [-0.1, -0.05) is 20.3 Å². The van der Waals surface area contributed by atoms with Crippen LogP contribution in [0.5, 0.6) is 0 Å². The number of nitrogens with two attached hydrogens (primary N) is 3. The lowest BCUT2D eigenvalue weighted by Crippen LogP contribution is -2.65. The van der Waals surface area contributed by atoms with Crippen LogP contribution >= 0.6 is 0 Å². The van der Waals surface area contributed by atoms with E-state index in [2.05, 4.69) is 20.9 Å². The van der Waals surface area contributed by atoms with Gasteiger partial charge in [0, 0.05) is 24.9 Å². The molecule has 9 N–H and O–H groups in total. The first-order valence-corrected chi connectivity index (χ1v) is 10.4. The summed E-state index contributed by atoms with van der Waals surface area (Å²) in [5, 5.41) is 8.52. The third kappa shape index (κ3) is 5.68. The third-order valence-corrected chi connectivity index (χ3v) is 6.00. The van der Waals surface area contributed by atoms with Crippen molar-refractivity contribution in [1.29, 1.82) is 0 Å². The molecule has 168 valence electrons. The second kappa shape index (κ2) is 10.4. The van der Waals surface area contributed by atoms with Gasteiger partial charge in [0.1, 0.15) is 12.1 Å². The Balaban J connectivity index is 2.12. The molecule has 11 heteroatoms. The van der Waals surface area contributed by atoms with E-state index in [1.165, 1.54) is 0 Å². The summed E-state index contributed by atoms with van der Waals surface area (Å²) in [5.41, 5.74) is 16.0. The lowest BCUT2D eigenvalue weighted by molar-refractivity contribution is -0.143. The number of aliphatic imine (C=N–C) groups is 1. The predicted octanol–water partition coefficient (Wildman–Crippen LogP) is -2.28. The van der Waals surface area contributed by atoms with Crippen molar-refractivity contribution in [3.8, 4) is 0 Å². The van der Waals surface area contributed by atoms with Crippen LogP contribution < -0.4 is 33.2 Å². The molecule has 0 radical (unpaired) electrons. The Kier molecular flexibility index (Phi) is 8.16. The molecule has 2 saturated heterocycles. The number of amides is 3. The highest BCUT2D eigenvalue weighted by Gasteiger charge is 2.45. The first-order chi connectivity index (χ1) is 14.1. The quantitative estimate of drug-likeness (QED) is 0.136. The molecule has 2 fully saturated rings. The van der Waals surface area contributed by atoms with Crippen molar-refractivity contribution in [3.63, 3.8) is 0 Å². The largest absolute Gasteiger partial charge is 0.370 e. The van der Waals surface area contributed by atoms with Gasteiger partial charge < -0.3 is 33.2 Å². The van der Waals surface area contributed by atoms with Crippen molar-refractivity contribution in [3.05, 3.63) is 0 Å². The number of hydrogen-bond acceptors (Lipinski definition) is 6. The van der Waals surface area contributed by atoms with Gasteiger partial charge in [-0.3, -0.25) is 24.2 Å². The van der Waals surface area contributed by atoms with Crippen LogP contribution in [0.3, 0.4) is 0 Å². The molecule has 2 aliphatic heterocycles. The number of carbonyl (C=O) groups is 4. The molecule has 11 nitrogen and oxygen atoms in total. The first kappa shape index (κ1) is 23.6.